The summed E-state index contributed by atoms with van der Waals surface area (Å²) in [5, 5.41) is 2.98. The molecule has 142 valence electrons. The summed E-state index contributed by atoms with van der Waals surface area (Å²) < 4.78 is 0. The van der Waals surface area contributed by atoms with Crippen LogP contribution >= 0.6 is 0 Å². The van der Waals surface area contributed by atoms with E-state index in [0.29, 0.717) is 43.5 Å². The third-order valence-electron chi connectivity index (χ3n) is 5.27. The van der Waals surface area contributed by atoms with Gasteiger partial charge in [-0.2, -0.15) is 0 Å². The Kier molecular flexibility index (Phi) is 6.52. The van der Waals surface area contributed by atoms with Crippen molar-refractivity contribution in [1.29, 1.82) is 0 Å². The van der Waals surface area contributed by atoms with Gasteiger partial charge >= 0.3 is 0 Å². The van der Waals surface area contributed by atoms with Crippen molar-refractivity contribution < 1.29 is 9.59 Å². The Morgan fingerprint density at radius 1 is 1.15 bits per heavy atom. The van der Waals surface area contributed by atoms with E-state index < -0.39 is 0 Å². The molecule has 6 nitrogen and oxygen atoms in total. The van der Waals surface area contributed by atoms with Gasteiger partial charge in [0.25, 0.3) is 5.91 Å². The average Bonchev–Trinajstić information content (AvgIpc) is 2.73. The lowest BCUT2D eigenvalue weighted by atomic mass is 9.81. The van der Waals surface area contributed by atoms with Crippen LogP contribution in [0.15, 0.2) is 49.1 Å². The van der Waals surface area contributed by atoms with Gasteiger partial charge in [-0.1, -0.05) is 19.4 Å². The van der Waals surface area contributed by atoms with E-state index in [1.165, 1.54) is 0 Å². The van der Waals surface area contributed by atoms with Gasteiger partial charge in [0, 0.05) is 50.8 Å². The number of amides is 2. The zero-order valence-electron chi connectivity index (χ0n) is 15.7. The largest absolute Gasteiger partial charge is 0.352 e. The minimum atomic E-state index is 0.0287. The molecule has 0 aliphatic carbocycles. The van der Waals surface area contributed by atoms with Crippen LogP contribution in [-0.2, 0) is 11.3 Å². The van der Waals surface area contributed by atoms with E-state index in [-0.39, 0.29) is 11.8 Å². The lowest BCUT2D eigenvalue weighted by molar-refractivity contribution is -0.123. The van der Waals surface area contributed by atoms with Crippen molar-refractivity contribution in [2.45, 2.75) is 32.7 Å². The minimum absolute atomic E-state index is 0.0287. The Hall–Kier alpha value is -2.76. The molecule has 0 unspecified atom stereocenters. The third-order valence-corrected chi connectivity index (χ3v) is 5.27. The fraction of sp³-hybridized carbons (Fsp3) is 0.429. The molecule has 1 fully saturated rings. The molecule has 1 aliphatic rings. The van der Waals surface area contributed by atoms with E-state index in [0.717, 1.165) is 18.4 Å². The highest BCUT2D eigenvalue weighted by Crippen LogP contribution is 2.29. The molecule has 2 aromatic heterocycles. The van der Waals surface area contributed by atoms with Crippen molar-refractivity contribution in [3.63, 3.8) is 0 Å². The highest BCUT2D eigenvalue weighted by atomic mass is 16.2. The minimum Gasteiger partial charge on any atom is -0.352 e. The van der Waals surface area contributed by atoms with Gasteiger partial charge < -0.3 is 10.2 Å². The zero-order chi connectivity index (χ0) is 19.1. The van der Waals surface area contributed by atoms with Crippen LogP contribution in [0, 0.1) is 11.8 Å². The molecule has 0 spiro atoms. The molecule has 2 atom stereocenters. The first-order valence-electron chi connectivity index (χ1n) is 9.52. The Morgan fingerprint density at radius 2 is 1.93 bits per heavy atom. The number of carbonyl (C=O) groups is 2. The average molecular weight is 366 g/mol. The van der Waals surface area contributed by atoms with Crippen molar-refractivity contribution in [3.8, 4) is 0 Å². The van der Waals surface area contributed by atoms with Crippen molar-refractivity contribution in [2.75, 3.05) is 13.1 Å². The molecular weight excluding hydrogens is 340 g/mol. The van der Waals surface area contributed by atoms with Gasteiger partial charge in [0.2, 0.25) is 5.91 Å². The number of hydrogen-bond donors (Lipinski definition) is 1. The van der Waals surface area contributed by atoms with Crippen molar-refractivity contribution in [2.24, 2.45) is 11.8 Å². The molecule has 6 heteroatoms. The number of carbonyl (C=O) groups excluding carboxylic acids is 2. The van der Waals surface area contributed by atoms with Crippen LogP contribution in [0.25, 0.3) is 0 Å². The molecule has 27 heavy (non-hydrogen) atoms. The van der Waals surface area contributed by atoms with Crippen LogP contribution in [0.5, 0.6) is 0 Å². The molecule has 2 amide bonds. The van der Waals surface area contributed by atoms with Crippen LogP contribution in [0.2, 0.25) is 0 Å². The van der Waals surface area contributed by atoms with Gasteiger partial charge in [0.05, 0.1) is 5.56 Å². The van der Waals surface area contributed by atoms with E-state index in [1.54, 1.807) is 36.9 Å². The number of aromatic nitrogens is 2. The molecule has 0 aromatic carbocycles. The number of likely N-dealkylation sites (tertiary alicyclic amines) is 1. The Bertz CT molecular complexity index is 751. The Balaban J connectivity index is 1.52. The van der Waals surface area contributed by atoms with E-state index in [2.05, 4.69) is 22.2 Å². The molecular formula is C21H26N4O2. The summed E-state index contributed by atoms with van der Waals surface area (Å²) in [6, 6.07) is 7.40. The number of rotatable bonds is 6. The topological polar surface area (TPSA) is 75.2 Å². The zero-order valence-corrected chi connectivity index (χ0v) is 15.7. The lowest BCUT2D eigenvalue weighted by Gasteiger charge is -2.38. The van der Waals surface area contributed by atoms with Crippen LogP contribution < -0.4 is 5.32 Å². The van der Waals surface area contributed by atoms with Crippen LogP contribution in [0.4, 0.5) is 0 Å². The summed E-state index contributed by atoms with van der Waals surface area (Å²) >= 11 is 0. The van der Waals surface area contributed by atoms with Crippen LogP contribution in [0.3, 0.4) is 0 Å². The first kappa shape index (κ1) is 19.0. The molecule has 0 radical (unpaired) electrons. The van der Waals surface area contributed by atoms with Crippen molar-refractivity contribution in [3.05, 3.63) is 60.2 Å². The second-order valence-electron chi connectivity index (χ2n) is 7.05. The fourth-order valence-electron chi connectivity index (χ4n) is 3.68. The second-order valence-corrected chi connectivity index (χ2v) is 7.05. The number of nitrogens with zero attached hydrogens (tertiary/aromatic N) is 3. The van der Waals surface area contributed by atoms with Gasteiger partial charge in [-0.05, 0) is 42.0 Å². The van der Waals surface area contributed by atoms with E-state index >= 15 is 0 Å². The highest BCUT2D eigenvalue weighted by Gasteiger charge is 2.32. The number of pyridine rings is 2. The lowest BCUT2D eigenvalue weighted by Crippen LogP contribution is -2.44. The second kappa shape index (κ2) is 9.26. The van der Waals surface area contributed by atoms with Gasteiger partial charge in [-0.25, -0.2) is 0 Å². The van der Waals surface area contributed by atoms with Gasteiger partial charge in [-0.15, -0.1) is 0 Å². The van der Waals surface area contributed by atoms with E-state index in [9.17, 15) is 9.59 Å². The summed E-state index contributed by atoms with van der Waals surface area (Å²) in [6.07, 6.45) is 9.08. The number of nitrogens with one attached hydrogen (secondary N) is 1. The first-order chi connectivity index (χ1) is 13.2. The summed E-state index contributed by atoms with van der Waals surface area (Å²) in [6.45, 7) is 4.01. The number of hydrogen-bond acceptors (Lipinski definition) is 4. The monoisotopic (exact) mass is 366 g/mol. The predicted molar refractivity (Wildman–Crippen MR) is 103 cm³/mol. The normalized spacial score (nSPS) is 19.5. The van der Waals surface area contributed by atoms with Gasteiger partial charge in [0.15, 0.2) is 0 Å². The smallest absolute Gasteiger partial charge is 0.255 e. The quantitative estimate of drug-likeness (QED) is 0.853. The maximum Gasteiger partial charge on any atom is 0.255 e. The number of piperidine rings is 1. The van der Waals surface area contributed by atoms with Crippen LogP contribution in [0.1, 0.15) is 42.1 Å². The fourth-order valence-corrected chi connectivity index (χ4v) is 3.68. The maximum atomic E-state index is 12.7. The van der Waals surface area contributed by atoms with Crippen molar-refractivity contribution >= 4 is 11.8 Å². The Labute approximate surface area is 160 Å². The van der Waals surface area contributed by atoms with Crippen LogP contribution in [-0.4, -0.2) is 39.8 Å². The molecule has 1 aliphatic heterocycles. The predicted octanol–water partition coefficient (Wildman–Crippen LogP) is 2.67. The molecule has 0 saturated carbocycles. The SMILES string of the molecule is CC[C@@H]1CN(C(=O)c2cccnc2)CC[C@H]1CC(=O)NCc1cccnc1. The molecule has 0 bridgehead atoms. The molecule has 3 rings (SSSR count). The standard InChI is InChI=1S/C21H26N4O2/c1-2-17-15-25(21(27)19-6-4-9-23-14-19)10-7-18(17)11-20(26)24-13-16-5-3-8-22-12-16/h3-6,8-9,12,14,17-18H,2,7,10-11,13,15H2,1H3,(H,24,26)/t17-,18+/m1/s1. The van der Waals surface area contributed by atoms with Gasteiger partial charge in [0.1, 0.15) is 0 Å². The molecule has 1 N–H and O–H groups in total. The van der Waals surface area contributed by atoms with E-state index in [4.69, 9.17) is 0 Å². The molecule has 2 aromatic rings. The van der Waals surface area contributed by atoms with E-state index in [1.807, 2.05) is 17.0 Å². The Morgan fingerprint density at radius 3 is 2.59 bits per heavy atom. The third kappa shape index (κ3) is 5.12. The summed E-state index contributed by atoms with van der Waals surface area (Å²) in [7, 11) is 0. The molecule has 3 heterocycles. The molecule has 1 saturated heterocycles. The summed E-state index contributed by atoms with van der Waals surface area (Å²) in [5.41, 5.74) is 1.62. The van der Waals surface area contributed by atoms with Crippen molar-refractivity contribution in [1.82, 2.24) is 20.2 Å². The maximum absolute atomic E-state index is 12.7. The summed E-state index contributed by atoms with van der Waals surface area (Å²) in [5.74, 6) is 0.737. The first-order valence-corrected chi connectivity index (χ1v) is 9.52. The highest BCUT2D eigenvalue weighted by molar-refractivity contribution is 5.94. The summed E-state index contributed by atoms with van der Waals surface area (Å²) in [4.78, 5) is 35.0. The van der Waals surface area contributed by atoms with Gasteiger partial charge in [-0.3, -0.25) is 19.6 Å².